The van der Waals surface area contributed by atoms with Gasteiger partial charge in [-0.25, -0.2) is 4.79 Å². The fourth-order valence-electron chi connectivity index (χ4n) is 2.95. The maximum absolute atomic E-state index is 12.4. The second kappa shape index (κ2) is 6.53. The first-order chi connectivity index (χ1) is 11.5. The highest BCUT2D eigenvalue weighted by atomic mass is 16.5. The molecule has 1 heterocycles. The van der Waals surface area contributed by atoms with Gasteiger partial charge in [0, 0.05) is 7.05 Å². The van der Waals surface area contributed by atoms with Gasteiger partial charge < -0.3 is 9.84 Å². The van der Waals surface area contributed by atoms with Crippen molar-refractivity contribution < 1.29 is 9.84 Å². The van der Waals surface area contributed by atoms with E-state index in [4.69, 9.17) is 4.74 Å². The minimum absolute atomic E-state index is 0.137. The normalized spacial score (nSPS) is 12.5. The van der Waals surface area contributed by atoms with Gasteiger partial charge in [-0.3, -0.25) is 9.13 Å². The highest BCUT2D eigenvalue weighted by Gasteiger charge is 2.14. The van der Waals surface area contributed by atoms with Crippen molar-refractivity contribution in [1.82, 2.24) is 9.13 Å². The Bertz CT molecular complexity index is 924. The quantitative estimate of drug-likeness (QED) is 0.783. The van der Waals surface area contributed by atoms with E-state index in [1.165, 1.54) is 5.56 Å². The van der Waals surface area contributed by atoms with Crippen LogP contribution in [0.15, 0.2) is 47.3 Å². The van der Waals surface area contributed by atoms with E-state index in [2.05, 4.69) is 0 Å². The topological polar surface area (TPSA) is 56.4 Å². The Kier molecular flexibility index (Phi) is 4.44. The average molecular weight is 326 g/mol. The zero-order valence-electron chi connectivity index (χ0n) is 14.2. The van der Waals surface area contributed by atoms with Crippen LogP contribution < -0.4 is 10.4 Å². The first kappa shape index (κ1) is 16.3. The summed E-state index contributed by atoms with van der Waals surface area (Å²) in [5.74, 6) is 0.755. The second-order valence-electron chi connectivity index (χ2n) is 6.17. The summed E-state index contributed by atoms with van der Waals surface area (Å²) in [6.45, 7) is 4.34. The number of para-hydroxylation sites is 2. The van der Waals surface area contributed by atoms with E-state index < -0.39 is 6.10 Å². The lowest BCUT2D eigenvalue weighted by molar-refractivity contribution is 0.0922. The van der Waals surface area contributed by atoms with Crippen LogP contribution in [0.5, 0.6) is 5.75 Å². The van der Waals surface area contributed by atoms with Gasteiger partial charge in [-0.15, -0.1) is 0 Å². The molecule has 1 aromatic heterocycles. The van der Waals surface area contributed by atoms with Gasteiger partial charge in [-0.2, -0.15) is 0 Å². The van der Waals surface area contributed by atoms with Gasteiger partial charge in [0.25, 0.3) is 0 Å². The van der Waals surface area contributed by atoms with Crippen molar-refractivity contribution in [2.24, 2.45) is 7.05 Å². The molecule has 3 aromatic rings. The maximum atomic E-state index is 12.4. The molecule has 0 fully saturated rings. The third kappa shape index (κ3) is 3.08. The SMILES string of the molecule is Cc1ccc(OC[C@@H](O)Cn2c(=O)n(C)c3ccccc32)c(C)c1. The molecule has 24 heavy (non-hydrogen) atoms. The van der Waals surface area contributed by atoms with Gasteiger partial charge in [-0.05, 0) is 37.6 Å². The zero-order valence-corrected chi connectivity index (χ0v) is 14.2. The molecule has 0 saturated heterocycles. The number of fused-ring (bicyclic) bond motifs is 1. The van der Waals surface area contributed by atoms with Gasteiger partial charge in [0.05, 0.1) is 17.6 Å². The van der Waals surface area contributed by atoms with E-state index in [0.717, 1.165) is 22.3 Å². The number of nitrogens with zero attached hydrogens (tertiary/aromatic N) is 2. The number of hydrogen-bond acceptors (Lipinski definition) is 3. The summed E-state index contributed by atoms with van der Waals surface area (Å²) in [6.07, 6.45) is -0.769. The van der Waals surface area contributed by atoms with E-state index >= 15 is 0 Å². The van der Waals surface area contributed by atoms with Crippen molar-refractivity contribution in [1.29, 1.82) is 0 Å². The molecule has 1 atom stereocenters. The number of ether oxygens (including phenoxy) is 1. The third-order valence-corrected chi connectivity index (χ3v) is 4.21. The van der Waals surface area contributed by atoms with E-state index in [-0.39, 0.29) is 18.8 Å². The molecule has 0 spiro atoms. The lowest BCUT2D eigenvalue weighted by atomic mass is 10.1. The van der Waals surface area contributed by atoms with E-state index in [1.807, 2.05) is 56.3 Å². The van der Waals surface area contributed by atoms with Crippen molar-refractivity contribution in [3.05, 3.63) is 64.1 Å². The first-order valence-electron chi connectivity index (χ1n) is 7.99. The van der Waals surface area contributed by atoms with Crippen LogP contribution >= 0.6 is 0 Å². The minimum atomic E-state index is -0.769. The van der Waals surface area contributed by atoms with E-state index in [1.54, 1.807) is 16.2 Å². The summed E-state index contributed by atoms with van der Waals surface area (Å²) in [7, 11) is 1.74. The molecule has 0 saturated carbocycles. The Morgan fingerprint density at radius 3 is 2.54 bits per heavy atom. The molecule has 0 aliphatic heterocycles. The molecule has 0 bridgehead atoms. The molecule has 0 unspecified atom stereocenters. The lowest BCUT2D eigenvalue weighted by Crippen LogP contribution is -2.30. The number of aliphatic hydroxyl groups excluding tert-OH is 1. The summed E-state index contributed by atoms with van der Waals surface area (Å²) < 4.78 is 8.89. The Morgan fingerprint density at radius 1 is 1.12 bits per heavy atom. The molecule has 126 valence electrons. The minimum Gasteiger partial charge on any atom is -0.491 e. The van der Waals surface area contributed by atoms with Crippen molar-refractivity contribution in [2.45, 2.75) is 26.5 Å². The fourth-order valence-corrected chi connectivity index (χ4v) is 2.95. The largest absolute Gasteiger partial charge is 0.491 e. The number of aliphatic hydroxyl groups is 1. The predicted octanol–water partition coefficient (Wildman–Crippen LogP) is 2.40. The Hall–Kier alpha value is -2.53. The summed E-state index contributed by atoms with van der Waals surface area (Å²) in [4.78, 5) is 12.4. The van der Waals surface area contributed by atoms with Crippen LogP contribution in [0.25, 0.3) is 11.0 Å². The van der Waals surface area contributed by atoms with Gasteiger partial charge in [0.2, 0.25) is 0 Å². The van der Waals surface area contributed by atoms with Crippen molar-refractivity contribution >= 4 is 11.0 Å². The van der Waals surface area contributed by atoms with Crippen molar-refractivity contribution in [3.63, 3.8) is 0 Å². The molecule has 0 aliphatic rings. The zero-order chi connectivity index (χ0) is 17.3. The number of hydrogen-bond donors (Lipinski definition) is 1. The van der Waals surface area contributed by atoms with E-state index in [9.17, 15) is 9.90 Å². The van der Waals surface area contributed by atoms with Crippen LogP contribution in [0.1, 0.15) is 11.1 Å². The molecule has 1 N–H and O–H groups in total. The lowest BCUT2D eigenvalue weighted by Gasteiger charge is -2.15. The molecule has 3 rings (SSSR count). The number of imidazole rings is 1. The fraction of sp³-hybridized carbons (Fsp3) is 0.316. The third-order valence-electron chi connectivity index (χ3n) is 4.21. The number of benzene rings is 2. The molecule has 5 heteroatoms. The summed E-state index contributed by atoms with van der Waals surface area (Å²) in [6, 6.07) is 13.5. The van der Waals surface area contributed by atoms with Crippen LogP contribution in [-0.2, 0) is 13.6 Å². The molecular formula is C19H22N2O3. The van der Waals surface area contributed by atoms with Crippen molar-refractivity contribution in [3.8, 4) is 5.75 Å². The summed E-state index contributed by atoms with van der Waals surface area (Å²) in [5, 5.41) is 10.3. The first-order valence-corrected chi connectivity index (χ1v) is 7.99. The molecule has 5 nitrogen and oxygen atoms in total. The predicted molar refractivity (Wildman–Crippen MR) is 94.6 cm³/mol. The second-order valence-corrected chi connectivity index (χ2v) is 6.17. The Morgan fingerprint density at radius 2 is 1.83 bits per heavy atom. The Balaban J connectivity index is 1.75. The standard InChI is InChI=1S/C19H22N2O3/c1-13-8-9-18(14(2)10-13)24-12-15(22)11-21-17-7-5-4-6-16(17)20(3)19(21)23/h4-10,15,22H,11-12H2,1-3H3/t15-/m0/s1. The summed E-state index contributed by atoms with van der Waals surface area (Å²) >= 11 is 0. The highest BCUT2D eigenvalue weighted by Crippen LogP contribution is 2.19. The monoisotopic (exact) mass is 326 g/mol. The van der Waals surface area contributed by atoms with Gasteiger partial charge in [0.15, 0.2) is 0 Å². The van der Waals surface area contributed by atoms with Crippen molar-refractivity contribution in [2.75, 3.05) is 6.61 Å². The van der Waals surface area contributed by atoms with Crippen LogP contribution in [0, 0.1) is 13.8 Å². The van der Waals surface area contributed by atoms with Crippen LogP contribution in [0.4, 0.5) is 0 Å². The van der Waals surface area contributed by atoms with Crippen LogP contribution in [0.3, 0.4) is 0 Å². The molecular weight excluding hydrogens is 304 g/mol. The smallest absolute Gasteiger partial charge is 0.328 e. The van der Waals surface area contributed by atoms with E-state index in [0.29, 0.717) is 0 Å². The molecule has 2 aromatic carbocycles. The Labute approximate surface area is 140 Å². The summed E-state index contributed by atoms with van der Waals surface area (Å²) in [5.41, 5.74) is 3.73. The molecule has 0 radical (unpaired) electrons. The number of aromatic nitrogens is 2. The van der Waals surface area contributed by atoms with Gasteiger partial charge in [-0.1, -0.05) is 29.8 Å². The average Bonchev–Trinajstić information content (AvgIpc) is 2.79. The maximum Gasteiger partial charge on any atom is 0.328 e. The number of aryl methyl sites for hydroxylation is 3. The van der Waals surface area contributed by atoms with Crippen LogP contribution in [0.2, 0.25) is 0 Å². The van der Waals surface area contributed by atoms with Gasteiger partial charge in [0.1, 0.15) is 18.5 Å². The molecule has 0 aliphatic carbocycles. The molecule has 0 amide bonds. The number of rotatable bonds is 5. The van der Waals surface area contributed by atoms with Gasteiger partial charge >= 0.3 is 5.69 Å². The highest BCUT2D eigenvalue weighted by molar-refractivity contribution is 5.75. The van der Waals surface area contributed by atoms with Crippen LogP contribution in [-0.4, -0.2) is 27.0 Å².